The van der Waals surface area contributed by atoms with Gasteiger partial charge in [0.15, 0.2) is 5.96 Å². The van der Waals surface area contributed by atoms with Gasteiger partial charge in [-0.25, -0.2) is 13.1 Å². The van der Waals surface area contributed by atoms with Crippen molar-refractivity contribution in [2.24, 2.45) is 4.99 Å². The fourth-order valence-electron chi connectivity index (χ4n) is 2.84. The second-order valence-electron chi connectivity index (χ2n) is 5.72. The zero-order valence-corrected chi connectivity index (χ0v) is 17.0. The number of sulfonamides is 1. The molecule has 0 amide bonds. The molecule has 2 rings (SSSR count). The van der Waals surface area contributed by atoms with Crippen LogP contribution in [0.2, 0.25) is 0 Å². The standard InChI is InChI=1S/C14H27N5O2S.HI/c1-3-15-14(16-7-8-17-22(2,20)21)19-11-6-13(12-19)18-9-4-5-10-18;/h4-5,13,17H,3,6-12H2,1-2H3,(H,15,16);1H. The average molecular weight is 457 g/mol. The Morgan fingerprint density at radius 2 is 2.04 bits per heavy atom. The molecule has 23 heavy (non-hydrogen) atoms. The fraction of sp³-hybridized carbons (Fsp3) is 0.786. The summed E-state index contributed by atoms with van der Waals surface area (Å²) in [6.07, 6.45) is 6.75. The summed E-state index contributed by atoms with van der Waals surface area (Å²) in [5.41, 5.74) is 0. The molecule has 0 aromatic heterocycles. The van der Waals surface area contributed by atoms with Crippen LogP contribution in [0.1, 0.15) is 13.3 Å². The Morgan fingerprint density at radius 3 is 2.65 bits per heavy atom. The van der Waals surface area contributed by atoms with Gasteiger partial charge in [0.1, 0.15) is 0 Å². The smallest absolute Gasteiger partial charge is 0.208 e. The van der Waals surface area contributed by atoms with Gasteiger partial charge in [-0.05, 0) is 13.3 Å². The Labute approximate surface area is 156 Å². The lowest BCUT2D eigenvalue weighted by atomic mass is 10.2. The molecule has 0 aromatic carbocycles. The van der Waals surface area contributed by atoms with Gasteiger partial charge in [-0.1, -0.05) is 12.2 Å². The lowest BCUT2D eigenvalue weighted by molar-refractivity contribution is 0.259. The highest BCUT2D eigenvalue weighted by Gasteiger charge is 2.29. The van der Waals surface area contributed by atoms with Gasteiger partial charge in [-0.3, -0.25) is 9.89 Å². The minimum Gasteiger partial charge on any atom is -0.357 e. The van der Waals surface area contributed by atoms with Crippen molar-refractivity contribution < 1.29 is 8.42 Å². The lowest BCUT2D eigenvalue weighted by Crippen LogP contribution is -2.43. The van der Waals surface area contributed by atoms with E-state index in [0.717, 1.165) is 51.4 Å². The van der Waals surface area contributed by atoms with E-state index < -0.39 is 10.0 Å². The first-order valence-electron chi connectivity index (χ1n) is 7.86. The van der Waals surface area contributed by atoms with Gasteiger partial charge >= 0.3 is 0 Å². The SMILES string of the molecule is CCNC(=NCCNS(C)(=O)=O)N1CCC(N2CC=CC2)C1.I. The second kappa shape index (κ2) is 9.80. The molecule has 0 saturated carbocycles. The Bertz CT molecular complexity index is 515. The van der Waals surface area contributed by atoms with Gasteiger partial charge in [-0.15, -0.1) is 24.0 Å². The van der Waals surface area contributed by atoms with E-state index in [2.05, 4.69) is 37.0 Å². The molecule has 2 heterocycles. The zero-order valence-electron chi connectivity index (χ0n) is 13.9. The van der Waals surface area contributed by atoms with E-state index in [1.807, 2.05) is 6.92 Å². The maximum Gasteiger partial charge on any atom is 0.208 e. The molecular formula is C14H28IN5O2S. The summed E-state index contributed by atoms with van der Waals surface area (Å²) < 4.78 is 24.6. The highest BCUT2D eigenvalue weighted by Crippen LogP contribution is 2.17. The predicted octanol–water partition coefficient (Wildman–Crippen LogP) is 0.0652. The number of halogens is 1. The van der Waals surface area contributed by atoms with Crippen molar-refractivity contribution in [3.8, 4) is 0 Å². The molecule has 1 unspecified atom stereocenters. The van der Waals surface area contributed by atoms with Crippen LogP contribution in [0.3, 0.4) is 0 Å². The van der Waals surface area contributed by atoms with Crippen molar-refractivity contribution in [2.75, 3.05) is 52.1 Å². The van der Waals surface area contributed by atoms with E-state index in [1.165, 1.54) is 0 Å². The molecule has 1 fully saturated rings. The quantitative estimate of drug-likeness (QED) is 0.194. The van der Waals surface area contributed by atoms with E-state index in [4.69, 9.17) is 0 Å². The van der Waals surface area contributed by atoms with E-state index in [-0.39, 0.29) is 24.0 Å². The summed E-state index contributed by atoms with van der Waals surface area (Å²) in [5, 5.41) is 3.30. The highest BCUT2D eigenvalue weighted by molar-refractivity contribution is 14.0. The summed E-state index contributed by atoms with van der Waals surface area (Å²) in [6.45, 7) is 7.70. The van der Waals surface area contributed by atoms with Gasteiger partial charge in [0.05, 0.1) is 12.8 Å². The third-order valence-electron chi connectivity index (χ3n) is 3.90. The van der Waals surface area contributed by atoms with Crippen LogP contribution >= 0.6 is 24.0 Å². The predicted molar refractivity (Wildman–Crippen MR) is 105 cm³/mol. The Hall–Kier alpha value is -0.390. The number of guanidine groups is 1. The molecule has 0 radical (unpaired) electrons. The normalized spacial score (nSPS) is 22.4. The van der Waals surface area contributed by atoms with E-state index in [1.54, 1.807) is 0 Å². The van der Waals surface area contributed by atoms with Crippen molar-refractivity contribution in [2.45, 2.75) is 19.4 Å². The molecule has 1 atom stereocenters. The summed E-state index contributed by atoms with van der Waals surface area (Å²) in [7, 11) is -3.14. The molecule has 134 valence electrons. The topological polar surface area (TPSA) is 77.0 Å². The minimum absolute atomic E-state index is 0. The molecule has 0 bridgehead atoms. The number of aliphatic imine (C=N–C) groups is 1. The maximum atomic E-state index is 11.1. The average Bonchev–Trinajstić information content (AvgIpc) is 3.10. The molecular weight excluding hydrogens is 429 g/mol. The summed E-state index contributed by atoms with van der Waals surface area (Å²) >= 11 is 0. The number of hydrogen-bond acceptors (Lipinski definition) is 4. The van der Waals surface area contributed by atoms with E-state index in [9.17, 15) is 8.42 Å². The third kappa shape index (κ3) is 6.94. The zero-order chi connectivity index (χ0) is 16.0. The van der Waals surface area contributed by atoms with E-state index in [0.29, 0.717) is 19.1 Å². The van der Waals surface area contributed by atoms with Crippen molar-refractivity contribution in [1.82, 2.24) is 19.8 Å². The molecule has 2 aliphatic rings. The largest absolute Gasteiger partial charge is 0.357 e. The van der Waals surface area contributed by atoms with Crippen LogP contribution in [0.5, 0.6) is 0 Å². The van der Waals surface area contributed by atoms with Gasteiger partial charge in [0, 0.05) is 45.3 Å². The highest BCUT2D eigenvalue weighted by atomic mass is 127. The number of hydrogen-bond donors (Lipinski definition) is 2. The van der Waals surface area contributed by atoms with Gasteiger partial charge in [0.2, 0.25) is 10.0 Å². The van der Waals surface area contributed by atoms with Crippen LogP contribution in [0.15, 0.2) is 17.1 Å². The first kappa shape index (κ1) is 20.7. The second-order valence-corrected chi connectivity index (χ2v) is 7.55. The number of rotatable bonds is 6. The fourth-order valence-corrected chi connectivity index (χ4v) is 3.31. The molecule has 2 aliphatic heterocycles. The van der Waals surface area contributed by atoms with Crippen LogP contribution in [0, 0.1) is 0 Å². The third-order valence-corrected chi connectivity index (χ3v) is 4.63. The molecule has 1 saturated heterocycles. The summed E-state index contributed by atoms with van der Waals surface area (Å²) in [4.78, 5) is 9.28. The van der Waals surface area contributed by atoms with Crippen molar-refractivity contribution in [3.63, 3.8) is 0 Å². The molecule has 0 spiro atoms. The molecule has 7 nitrogen and oxygen atoms in total. The maximum absolute atomic E-state index is 11.1. The Kier molecular flexibility index (Phi) is 8.80. The number of nitrogens with zero attached hydrogens (tertiary/aromatic N) is 3. The van der Waals surface area contributed by atoms with Gasteiger partial charge in [-0.2, -0.15) is 0 Å². The minimum atomic E-state index is -3.14. The van der Waals surface area contributed by atoms with Crippen LogP contribution in [0.4, 0.5) is 0 Å². The first-order chi connectivity index (χ1) is 10.5. The van der Waals surface area contributed by atoms with Crippen molar-refractivity contribution >= 4 is 40.0 Å². The van der Waals surface area contributed by atoms with Crippen molar-refractivity contribution in [1.29, 1.82) is 0 Å². The lowest BCUT2D eigenvalue weighted by Gasteiger charge is -2.25. The summed E-state index contributed by atoms with van der Waals surface area (Å²) in [5.74, 6) is 0.882. The van der Waals surface area contributed by atoms with Crippen LogP contribution in [0.25, 0.3) is 0 Å². The van der Waals surface area contributed by atoms with Crippen LogP contribution < -0.4 is 10.0 Å². The monoisotopic (exact) mass is 457 g/mol. The Balaban J connectivity index is 0.00000264. The first-order valence-corrected chi connectivity index (χ1v) is 9.75. The van der Waals surface area contributed by atoms with Gasteiger partial charge in [0.25, 0.3) is 0 Å². The molecule has 0 aromatic rings. The van der Waals surface area contributed by atoms with Crippen molar-refractivity contribution in [3.05, 3.63) is 12.2 Å². The Morgan fingerprint density at radius 1 is 1.35 bits per heavy atom. The van der Waals surface area contributed by atoms with E-state index >= 15 is 0 Å². The van der Waals surface area contributed by atoms with Crippen LogP contribution in [-0.4, -0.2) is 82.3 Å². The molecule has 2 N–H and O–H groups in total. The molecule has 9 heteroatoms. The van der Waals surface area contributed by atoms with Gasteiger partial charge < -0.3 is 10.2 Å². The number of nitrogens with one attached hydrogen (secondary N) is 2. The number of likely N-dealkylation sites (tertiary alicyclic amines) is 1. The molecule has 0 aliphatic carbocycles. The van der Waals surface area contributed by atoms with Crippen LogP contribution in [-0.2, 0) is 10.0 Å². The summed E-state index contributed by atoms with van der Waals surface area (Å²) in [6, 6.07) is 0.577.